The maximum Gasteiger partial charge on any atom is 0.308 e. The fraction of sp³-hybridized carbons (Fsp3) is 0.118. The molecule has 0 aliphatic carbocycles. The van der Waals surface area contributed by atoms with Crippen molar-refractivity contribution in [3.63, 3.8) is 0 Å². The number of esters is 1. The van der Waals surface area contributed by atoms with E-state index >= 15 is 0 Å². The van der Waals surface area contributed by atoms with E-state index < -0.39 is 27.4 Å². The van der Waals surface area contributed by atoms with Gasteiger partial charge in [0.25, 0.3) is 0 Å². The van der Waals surface area contributed by atoms with Crippen molar-refractivity contribution in [3.05, 3.63) is 65.9 Å². The maximum atomic E-state index is 13.6. The maximum absolute atomic E-state index is 13.6. The van der Waals surface area contributed by atoms with Gasteiger partial charge in [-0.1, -0.05) is 0 Å². The van der Waals surface area contributed by atoms with Crippen LogP contribution in [-0.2, 0) is 19.4 Å². The molecule has 2 rings (SSSR count). The summed E-state index contributed by atoms with van der Waals surface area (Å²) >= 11 is 0. The van der Waals surface area contributed by atoms with Crippen LogP contribution in [0, 0.1) is 11.6 Å². The second-order valence-electron chi connectivity index (χ2n) is 5.06. The fourth-order valence-corrected chi connectivity index (χ4v) is 2.49. The first kappa shape index (κ1) is 18.6. The molecule has 2 aromatic rings. The Bertz CT molecular complexity index is 919. The van der Waals surface area contributed by atoms with Crippen LogP contribution in [0.2, 0.25) is 0 Å². The highest BCUT2D eigenvalue weighted by atomic mass is 32.2. The number of carbonyl (C=O) groups excluding carboxylic acids is 1. The lowest BCUT2D eigenvalue weighted by Gasteiger charge is -2.09. The van der Waals surface area contributed by atoms with Gasteiger partial charge in [-0.25, -0.2) is 17.2 Å². The third kappa shape index (κ3) is 5.12. The van der Waals surface area contributed by atoms with Crippen molar-refractivity contribution in [2.75, 3.05) is 6.26 Å². The second kappa shape index (κ2) is 7.43. The molecule has 8 heteroatoms. The van der Waals surface area contributed by atoms with Crippen LogP contribution in [0.1, 0.15) is 12.5 Å². The highest BCUT2D eigenvalue weighted by molar-refractivity contribution is 7.90. The van der Waals surface area contributed by atoms with Gasteiger partial charge in [-0.2, -0.15) is 0 Å². The molecule has 0 saturated heterocycles. The van der Waals surface area contributed by atoms with Gasteiger partial charge in [-0.15, -0.1) is 0 Å². The molecule has 0 N–H and O–H groups in total. The van der Waals surface area contributed by atoms with Crippen LogP contribution in [0.25, 0.3) is 5.76 Å². The van der Waals surface area contributed by atoms with E-state index in [0.717, 1.165) is 31.6 Å². The lowest BCUT2D eigenvalue weighted by atomic mass is 10.2. The molecular formula is C17H14F2O5S. The molecule has 0 bridgehead atoms. The first-order chi connectivity index (χ1) is 11.7. The van der Waals surface area contributed by atoms with E-state index in [9.17, 15) is 22.0 Å². The summed E-state index contributed by atoms with van der Waals surface area (Å²) in [5, 5.41) is 0. The third-order valence-corrected chi connectivity index (χ3v) is 4.14. The average molecular weight is 368 g/mol. The fourth-order valence-electron chi connectivity index (χ4n) is 1.86. The largest absolute Gasteiger partial charge is 0.458 e. The van der Waals surface area contributed by atoms with Crippen LogP contribution < -0.4 is 4.74 Å². The highest BCUT2D eigenvalue weighted by Crippen LogP contribution is 2.22. The van der Waals surface area contributed by atoms with Crippen LogP contribution in [-0.4, -0.2) is 20.6 Å². The van der Waals surface area contributed by atoms with Gasteiger partial charge in [0.15, 0.2) is 27.2 Å². The van der Waals surface area contributed by atoms with E-state index in [-0.39, 0.29) is 16.4 Å². The molecule has 0 aliphatic rings. The van der Waals surface area contributed by atoms with Crippen molar-refractivity contribution in [2.24, 2.45) is 0 Å². The minimum absolute atomic E-state index is 0.0590. The Balaban J connectivity index is 2.33. The zero-order valence-electron chi connectivity index (χ0n) is 13.3. The number of halogens is 2. The Labute approximate surface area is 143 Å². The summed E-state index contributed by atoms with van der Waals surface area (Å²) in [6.07, 6.45) is 2.04. The lowest BCUT2D eigenvalue weighted by Crippen LogP contribution is -2.02. The van der Waals surface area contributed by atoms with Gasteiger partial charge in [0.1, 0.15) is 12.1 Å². The smallest absolute Gasteiger partial charge is 0.308 e. The summed E-state index contributed by atoms with van der Waals surface area (Å²) in [6, 6.07) is 8.24. The van der Waals surface area contributed by atoms with Crippen LogP contribution >= 0.6 is 0 Å². The van der Waals surface area contributed by atoms with Crippen molar-refractivity contribution in [1.82, 2.24) is 0 Å². The first-order valence-electron chi connectivity index (χ1n) is 6.97. The summed E-state index contributed by atoms with van der Waals surface area (Å²) in [7, 11) is -3.38. The van der Waals surface area contributed by atoms with Gasteiger partial charge in [0, 0.05) is 24.8 Å². The number of benzene rings is 2. The number of carbonyl (C=O) groups is 1. The Hall–Kier alpha value is -2.74. The third-order valence-electron chi connectivity index (χ3n) is 3.01. The minimum atomic E-state index is -3.38. The highest BCUT2D eigenvalue weighted by Gasteiger charge is 2.12. The van der Waals surface area contributed by atoms with Gasteiger partial charge in [-0.3, -0.25) is 4.79 Å². The summed E-state index contributed by atoms with van der Waals surface area (Å²) in [5.74, 6) is -2.66. The lowest BCUT2D eigenvalue weighted by molar-refractivity contribution is -0.134. The summed E-state index contributed by atoms with van der Waals surface area (Å²) in [4.78, 5) is 11.3. The molecule has 0 atom stereocenters. The molecule has 5 nitrogen and oxygen atoms in total. The molecule has 2 aromatic carbocycles. The molecule has 0 spiro atoms. The van der Waals surface area contributed by atoms with Crippen molar-refractivity contribution < 1.29 is 31.5 Å². The van der Waals surface area contributed by atoms with Gasteiger partial charge in [-0.05, 0) is 36.4 Å². The molecule has 0 fully saturated rings. The van der Waals surface area contributed by atoms with Crippen LogP contribution in [0.3, 0.4) is 0 Å². The van der Waals surface area contributed by atoms with Crippen molar-refractivity contribution in [1.29, 1.82) is 0 Å². The van der Waals surface area contributed by atoms with Crippen LogP contribution in [0.4, 0.5) is 8.78 Å². The van der Waals surface area contributed by atoms with E-state index in [1.54, 1.807) is 0 Å². The molecule has 0 heterocycles. The van der Waals surface area contributed by atoms with E-state index in [4.69, 9.17) is 9.47 Å². The molecule has 0 amide bonds. The van der Waals surface area contributed by atoms with Crippen molar-refractivity contribution >= 4 is 21.6 Å². The summed E-state index contributed by atoms with van der Waals surface area (Å²) < 4.78 is 59.5. The molecule has 0 saturated carbocycles. The van der Waals surface area contributed by atoms with Gasteiger partial charge < -0.3 is 9.47 Å². The Morgan fingerprint density at radius 2 is 1.72 bits per heavy atom. The zero-order chi connectivity index (χ0) is 18.6. The van der Waals surface area contributed by atoms with E-state index in [1.807, 2.05) is 0 Å². The molecule has 25 heavy (non-hydrogen) atoms. The standard InChI is InChI=1S/C17H14F2O5S/c1-11(20)24-17(10-23-16-8-5-13(18)9-15(16)19)12-3-6-14(7-4-12)25(2,21)22/h3-10H,1-2H3/b17-10+. The molecular weight excluding hydrogens is 354 g/mol. The second-order valence-corrected chi connectivity index (χ2v) is 7.08. The number of rotatable bonds is 5. The van der Waals surface area contributed by atoms with Gasteiger partial charge >= 0.3 is 5.97 Å². The van der Waals surface area contributed by atoms with E-state index in [2.05, 4.69) is 0 Å². The van der Waals surface area contributed by atoms with Crippen molar-refractivity contribution in [3.8, 4) is 5.75 Å². The van der Waals surface area contributed by atoms with Crippen LogP contribution in [0.5, 0.6) is 5.75 Å². The Morgan fingerprint density at radius 1 is 1.08 bits per heavy atom. The van der Waals surface area contributed by atoms with E-state index in [1.165, 1.54) is 24.3 Å². The topological polar surface area (TPSA) is 69.7 Å². The van der Waals surface area contributed by atoms with Crippen molar-refractivity contribution in [2.45, 2.75) is 11.8 Å². The number of ether oxygens (including phenoxy) is 2. The molecule has 0 aliphatic heterocycles. The normalized spacial score (nSPS) is 11.9. The number of sulfone groups is 1. The number of hydrogen-bond donors (Lipinski definition) is 0. The minimum Gasteiger partial charge on any atom is -0.458 e. The SMILES string of the molecule is CC(=O)O/C(=C/Oc1ccc(F)cc1F)c1ccc(S(C)(=O)=O)cc1. The Kier molecular flexibility index (Phi) is 5.53. The molecule has 132 valence electrons. The van der Waals surface area contributed by atoms with Crippen LogP contribution in [0.15, 0.2) is 53.6 Å². The quantitative estimate of drug-likeness (QED) is 0.598. The first-order valence-corrected chi connectivity index (χ1v) is 8.87. The van der Waals surface area contributed by atoms with Gasteiger partial charge in [0.05, 0.1) is 4.90 Å². The molecule has 0 unspecified atom stereocenters. The summed E-state index contributed by atoms with van der Waals surface area (Å²) in [6.45, 7) is 1.16. The zero-order valence-corrected chi connectivity index (χ0v) is 14.1. The molecule has 0 radical (unpaired) electrons. The average Bonchev–Trinajstić information content (AvgIpc) is 2.52. The van der Waals surface area contributed by atoms with Gasteiger partial charge in [0.2, 0.25) is 0 Å². The Morgan fingerprint density at radius 3 is 2.24 bits per heavy atom. The summed E-state index contributed by atoms with van der Waals surface area (Å²) in [5.41, 5.74) is 0.338. The predicted molar refractivity (Wildman–Crippen MR) is 86.3 cm³/mol. The monoisotopic (exact) mass is 368 g/mol. The predicted octanol–water partition coefficient (Wildman–Crippen LogP) is 3.31. The number of hydrogen-bond acceptors (Lipinski definition) is 5. The van der Waals surface area contributed by atoms with E-state index in [0.29, 0.717) is 11.6 Å². The molecule has 0 aromatic heterocycles.